The summed E-state index contributed by atoms with van der Waals surface area (Å²) < 4.78 is 0. The van der Waals surface area contributed by atoms with Gasteiger partial charge in [0.1, 0.15) is 0 Å². The standard InChI is InChI=1S/C17H31N/c1-17(2,3)15-8-10-18(11-9-15)16-12-13-4-6-14(16)7-5-13/h13-16H,4-12H2,1-3H3/t13?,14?,16-/m0/s1. The van der Waals surface area contributed by atoms with E-state index in [1.54, 1.807) is 12.8 Å². The number of piperidine rings is 1. The fourth-order valence-electron chi connectivity index (χ4n) is 4.89. The highest BCUT2D eigenvalue weighted by atomic mass is 15.2. The van der Waals surface area contributed by atoms with Crippen LogP contribution in [0.4, 0.5) is 0 Å². The van der Waals surface area contributed by atoms with Crippen LogP contribution in [0.25, 0.3) is 0 Å². The van der Waals surface area contributed by atoms with Gasteiger partial charge < -0.3 is 4.90 Å². The van der Waals surface area contributed by atoms with Gasteiger partial charge in [-0.25, -0.2) is 0 Å². The number of fused-ring (bicyclic) bond motifs is 3. The summed E-state index contributed by atoms with van der Waals surface area (Å²) in [6.45, 7) is 10.0. The van der Waals surface area contributed by atoms with Crippen LogP contribution < -0.4 is 0 Å². The van der Waals surface area contributed by atoms with Gasteiger partial charge in [0.05, 0.1) is 0 Å². The molecule has 4 fully saturated rings. The van der Waals surface area contributed by atoms with Gasteiger partial charge in [0.15, 0.2) is 0 Å². The van der Waals surface area contributed by atoms with Crippen molar-refractivity contribution >= 4 is 0 Å². The number of likely N-dealkylation sites (tertiary alicyclic amines) is 1. The van der Waals surface area contributed by atoms with Crippen molar-refractivity contribution in [2.45, 2.75) is 71.8 Å². The molecule has 3 saturated carbocycles. The van der Waals surface area contributed by atoms with Crippen molar-refractivity contribution in [3.05, 3.63) is 0 Å². The Hall–Kier alpha value is -0.0400. The van der Waals surface area contributed by atoms with Crippen molar-refractivity contribution in [2.75, 3.05) is 13.1 Å². The maximum atomic E-state index is 2.87. The molecule has 1 saturated heterocycles. The highest BCUT2D eigenvalue weighted by Crippen LogP contribution is 2.45. The van der Waals surface area contributed by atoms with Gasteiger partial charge in [-0.05, 0) is 68.4 Å². The maximum absolute atomic E-state index is 2.87. The van der Waals surface area contributed by atoms with E-state index in [0.29, 0.717) is 5.41 Å². The Bertz CT molecular complexity index is 274. The van der Waals surface area contributed by atoms with Crippen LogP contribution in [0.15, 0.2) is 0 Å². The molecule has 0 amide bonds. The van der Waals surface area contributed by atoms with Gasteiger partial charge in [-0.2, -0.15) is 0 Å². The first-order valence-corrected chi connectivity index (χ1v) is 8.28. The smallest absolute Gasteiger partial charge is 0.0126 e. The number of hydrogen-bond acceptors (Lipinski definition) is 1. The van der Waals surface area contributed by atoms with Gasteiger partial charge in [-0.15, -0.1) is 0 Å². The molecule has 18 heavy (non-hydrogen) atoms. The monoisotopic (exact) mass is 249 g/mol. The summed E-state index contributed by atoms with van der Waals surface area (Å²) in [6, 6.07) is 0.971. The van der Waals surface area contributed by atoms with Crippen LogP contribution in [0.2, 0.25) is 0 Å². The minimum absolute atomic E-state index is 0.525. The lowest BCUT2D eigenvalue weighted by Gasteiger charge is -2.50. The molecule has 0 aromatic rings. The Labute approximate surface area is 113 Å². The van der Waals surface area contributed by atoms with Crippen molar-refractivity contribution in [3.63, 3.8) is 0 Å². The predicted molar refractivity (Wildman–Crippen MR) is 77.6 cm³/mol. The van der Waals surface area contributed by atoms with Gasteiger partial charge in [0, 0.05) is 6.04 Å². The molecule has 3 aliphatic carbocycles. The summed E-state index contributed by atoms with van der Waals surface area (Å²) in [5, 5.41) is 0. The molecule has 4 aliphatic rings. The zero-order chi connectivity index (χ0) is 12.8. The van der Waals surface area contributed by atoms with E-state index in [2.05, 4.69) is 25.7 Å². The van der Waals surface area contributed by atoms with Gasteiger partial charge in [0.25, 0.3) is 0 Å². The molecule has 0 unspecified atom stereocenters. The summed E-state index contributed by atoms with van der Waals surface area (Å²) in [7, 11) is 0. The highest BCUT2D eigenvalue weighted by Gasteiger charge is 2.40. The predicted octanol–water partition coefficient (Wildman–Crippen LogP) is 4.32. The van der Waals surface area contributed by atoms with E-state index in [1.165, 1.54) is 45.2 Å². The average Bonchev–Trinajstić information content (AvgIpc) is 2.39. The molecule has 1 nitrogen and oxygen atoms in total. The lowest BCUT2D eigenvalue weighted by molar-refractivity contribution is 0.00188. The van der Waals surface area contributed by atoms with Gasteiger partial charge in [0.2, 0.25) is 0 Å². The molecular weight excluding hydrogens is 218 g/mol. The fraction of sp³-hybridized carbons (Fsp3) is 1.00. The van der Waals surface area contributed by atoms with Crippen LogP contribution in [0, 0.1) is 23.2 Å². The second kappa shape index (κ2) is 4.81. The molecule has 0 aromatic heterocycles. The van der Waals surface area contributed by atoms with Crippen LogP contribution in [0.1, 0.15) is 65.7 Å². The van der Waals surface area contributed by atoms with Crippen molar-refractivity contribution < 1.29 is 0 Å². The van der Waals surface area contributed by atoms with Crippen LogP contribution in [-0.4, -0.2) is 24.0 Å². The third-order valence-corrected chi connectivity index (χ3v) is 6.23. The zero-order valence-corrected chi connectivity index (χ0v) is 12.6. The topological polar surface area (TPSA) is 3.24 Å². The molecule has 1 heteroatoms. The van der Waals surface area contributed by atoms with Gasteiger partial charge in [-0.3, -0.25) is 0 Å². The minimum Gasteiger partial charge on any atom is -0.300 e. The summed E-state index contributed by atoms with van der Waals surface area (Å²) in [5.74, 6) is 3.09. The van der Waals surface area contributed by atoms with E-state index >= 15 is 0 Å². The second-order valence-corrected chi connectivity index (χ2v) is 8.26. The number of nitrogens with zero attached hydrogens (tertiary/aromatic N) is 1. The lowest BCUT2D eigenvalue weighted by Crippen LogP contribution is -2.51. The van der Waals surface area contributed by atoms with Crippen LogP contribution in [-0.2, 0) is 0 Å². The normalized spacial score (nSPS) is 39.2. The van der Waals surface area contributed by atoms with Crippen molar-refractivity contribution in [1.29, 1.82) is 0 Å². The van der Waals surface area contributed by atoms with Crippen molar-refractivity contribution in [3.8, 4) is 0 Å². The summed E-state index contributed by atoms with van der Waals surface area (Å²) in [5.41, 5.74) is 0.525. The molecule has 4 rings (SSSR count). The Kier molecular flexibility index (Phi) is 3.47. The van der Waals surface area contributed by atoms with Crippen LogP contribution in [0.5, 0.6) is 0 Å². The Morgan fingerprint density at radius 2 is 1.44 bits per heavy atom. The molecule has 104 valence electrons. The molecule has 0 spiro atoms. The first kappa shape index (κ1) is 13.0. The first-order chi connectivity index (χ1) is 8.54. The molecular formula is C17H31N. The van der Waals surface area contributed by atoms with Crippen molar-refractivity contribution in [2.24, 2.45) is 23.2 Å². The maximum Gasteiger partial charge on any atom is 0.0126 e. The molecule has 0 aromatic carbocycles. The molecule has 0 radical (unpaired) electrons. The molecule has 0 N–H and O–H groups in total. The van der Waals surface area contributed by atoms with Crippen LogP contribution >= 0.6 is 0 Å². The minimum atomic E-state index is 0.525. The van der Waals surface area contributed by atoms with Crippen LogP contribution in [0.3, 0.4) is 0 Å². The lowest BCUT2D eigenvalue weighted by atomic mass is 9.66. The molecule has 1 aliphatic heterocycles. The highest BCUT2D eigenvalue weighted by molar-refractivity contribution is 4.93. The Morgan fingerprint density at radius 3 is 1.89 bits per heavy atom. The van der Waals surface area contributed by atoms with E-state index in [-0.39, 0.29) is 0 Å². The largest absolute Gasteiger partial charge is 0.300 e. The van der Waals surface area contributed by atoms with E-state index < -0.39 is 0 Å². The first-order valence-electron chi connectivity index (χ1n) is 8.28. The second-order valence-electron chi connectivity index (χ2n) is 8.26. The van der Waals surface area contributed by atoms with E-state index in [4.69, 9.17) is 0 Å². The molecule has 1 atom stereocenters. The van der Waals surface area contributed by atoms with E-state index in [9.17, 15) is 0 Å². The van der Waals surface area contributed by atoms with Gasteiger partial charge >= 0.3 is 0 Å². The quantitative estimate of drug-likeness (QED) is 0.669. The summed E-state index contributed by atoms with van der Waals surface area (Å²) >= 11 is 0. The summed E-state index contributed by atoms with van der Waals surface area (Å²) in [4.78, 5) is 2.87. The fourth-order valence-corrected chi connectivity index (χ4v) is 4.89. The SMILES string of the molecule is CC(C)(C)C1CCN([C@H]2CC3CCC2CC3)CC1. The van der Waals surface area contributed by atoms with Gasteiger partial charge in [-0.1, -0.05) is 33.6 Å². The Morgan fingerprint density at radius 1 is 0.833 bits per heavy atom. The number of hydrogen-bond donors (Lipinski definition) is 0. The third-order valence-electron chi connectivity index (χ3n) is 6.23. The third kappa shape index (κ3) is 2.48. The summed E-state index contributed by atoms with van der Waals surface area (Å²) in [6.07, 6.45) is 10.6. The number of rotatable bonds is 1. The van der Waals surface area contributed by atoms with E-state index in [1.807, 2.05) is 0 Å². The average molecular weight is 249 g/mol. The van der Waals surface area contributed by atoms with E-state index in [0.717, 1.165) is 23.8 Å². The Balaban J connectivity index is 1.57. The van der Waals surface area contributed by atoms with Crippen molar-refractivity contribution in [1.82, 2.24) is 4.90 Å². The molecule has 1 heterocycles. The molecule has 2 bridgehead atoms. The zero-order valence-electron chi connectivity index (χ0n) is 12.6.